The Hall–Kier alpha value is -4.40. The number of rotatable bonds is 6. The Morgan fingerprint density at radius 3 is 2.58 bits per heavy atom. The van der Waals surface area contributed by atoms with E-state index in [0.29, 0.717) is 34.7 Å². The van der Waals surface area contributed by atoms with Crippen molar-refractivity contribution in [2.24, 2.45) is 0 Å². The van der Waals surface area contributed by atoms with Gasteiger partial charge in [0.25, 0.3) is 0 Å². The normalized spacial score (nSPS) is 13.4. The number of ether oxygens (including phenoxy) is 3. The molecular weight excluding hydrogens is 420 g/mol. The fraction of sp³-hybridized carbons (Fsp3) is 0.167. The highest BCUT2D eigenvalue weighted by molar-refractivity contribution is 5.75. The van der Waals surface area contributed by atoms with Gasteiger partial charge in [0, 0.05) is 50.3 Å². The van der Waals surface area contributed by atoms with Crippen molar-refractivity contribution in [1.29, 1.82) is 0 Å². The lowest BCUT2D eigenvalue weighted by atomic mass is 10.2. The molecule has 5 rings (SSSR count). The molecule has 9 nitrogen and oxygen atoms in total. The van der Waals surface area contributed by atoms with Crippen molar-refractivity contribution >= 4 is 23.1 Å². The van der Waals surface area contributed by atoms with Crippen LogP contribution in [-0.4, -0.2) is 32.8 Å². The lowest BCUT2D eigenvalue weighted by Gasteiger charge is -2.16. The molecule has 4 aromatic rings. The predicted molar refractivity (Wildman–Crippen MR) is 124 cm³/mol. The lowest BCUT2D eigenvalue weighted by Crippen LogP contribution is -2.29. The average Bonchev–Trinajstić information content (AvgIpc) is 3.13. The van der Waals surface area contributed by atoms with Crippen LogP contribution in [0.5, 0.6) is 17.2 Å². The SMILES string of the molecule is COc1cc(Nc2nccc(Nc3cccnc3-c3ccccn3)n2)cc2c1OC(C)(C)O2. The van der Waals surface area contributed by atoms with Crippen LogP contribution in [0.3, 0.4) is 0 Å². The molecular formula is C24H22N6O3. The lowest BCUT2D eigenvalue weighted by molar-refractivity contribution is -0.0439. The Labute approximate surface area is 190 Å². The summed E-state index contributed by atoms with van der Waals surface area (Å²) in [6.07, 6.45) is 5.14. The molecule has 2 N–H and O–H groups in total. The highest BCUT2D eigenvalue weighted by Crippen LogP contribution is 2.48. The minimum Gasteiger partial charge on any atom is -0.493 e. The van der Waals surface area contributed by atoms with E-state index in [1.807, 2.05) is 56.3 Å². The molecule has 0 bridgehead atoms. The molecule has 0 spiro atoms. The molecule has 0 fully saturated rings. The second kappa shape index (κ2) is 8.27. The molecule has 166 valence electrons. The van der Waals surface area contributed by atoms with E-state index in [1.165, 1.54) is 0 Å². The van der Waals surface area contributed by atoms with Gasteiger partial charge in [0.2, 0.25) is 17.5 Å². The zero-order valence-electron chi connectivity index (χ0n) is 18.4. The third kappa shape index (κ3) is 4.33. The molecule has 0 unspecified atom stereocenters. The Balaban J connectivity index is 1.40. The number of fused-ring (bicyclic) bond motifs is 1. The highest BCUT2D eigenvalue weighted by atomic mass is 16.7. The van der Waals surface area contributed by atoms with Crippen LogP contribution in [0.15, 0.2) is 67.1 Å². The molecule has 0 saturated carbocycles. The summed E-state index contributed by atoms with van der Waals surface area (Å²) in [5.41, 5.74) is 2.99. The van der Waals surface area contributed by atoms with Gasteiger partial charge in [0.15, 0.2) is 11.5 Å². The van der Waals surface area contributed by atoms with Crippen molar-refractivity contribution in [1.82, 2.24) is 19.9 Å². The third-order valence-corrected chi connectivity index (χ3v) is 4.83. The largest absolute Gasteiger partial charge is 0.493 e. The number of nitrogens with zero attached hydrogens (tertiary/aromatic N) is 4. The fourth-order valence-corrected chi connectivity index (χ4v) is 3.48. The van der Waals surface area contributed by atoms with Crippen LogP contribution in [0.2, 0.25) is 0 Å². The maximum absolute atomic E-state index is 5.86. The zero-order chi connectivity index (χ0) is 22.8. The van der Waals surface area contributed by atoms with Gasteiger partial charge >= 0.3 is 0 Å². The molecule has 3 aromatic heterocycles. The molecule has 1 aliphatic rings. The molecule has 0 aliphatic carbocycles. The number of methoxy groups -OCH3 is 1. The summed E-state index contributed by atoms with van der Waals surface area (Å²) in [5, 5.41) is 6.51. The van der Waals surface area contributed by atoms with Crippen LogP contribution in [0.1, 0.15) is 13.8 Å². The highest BCUT2D eigenvalue weighted by Gasteiger charge is 2.34. The monoisotopic (exact) mass is 442 g/mol. The Morgan fingerprint density at radius 2 is 1.76 bits per heavy atom. The number of anilines is 4. The summed E-state index contributed by atoms with van der Waals surface area (Å²) < 4.78 is 17.2. The number of nitrogens with one attached hydrogen (secondary N) is 2. The van der Waals surface area contributed by atoms with Crippen LogP contribution in [0.4, 0.5) is 23.1 Å². The number of hydrogen-bond acceptors (Lipinski definition) is 9. The predicted octanol–water partition coefficient (Wildman–Crippen LogP) is 4.94. The maximum Gasteiger partial charge on any atom is 0.246 e. The smallest absolute Gasteiger partial charge is 0.246 e. The molecule has 1 aliphatic heterocycles. The fourth-order valence-electron chi connectivity index (χ4n) is 3.48. The summed E-state index contributed by atoms with van der Waals surface area (Å²) in [6.45, 7) is 3.69. The maximum atomic E-state index is 5.86. The second-order valence-corrected chi connectivity index (χ2v) is 7.74. The van der Waals surface area contributed by atoms with E-state index in [9.17, 15) is 0 Å². The standard InChI is InChI=1S/C24H22N6O3/c1-24(2)32-19-14-15(13-18(31-3)22(19)33-24)28-23-27-12-9-20(30-23)29-17-8-6-11-26-21(17)16-7-4-5-10-25-16/h4-14H,1-3H3,(H2,27,28,29,30). The van der Waals surface area contributed by atoms with Gasteiger partial charge in [-0.15, -0.1) is 0 Å². The summed E-state index contributed by atoms with van der Waals surface area (Å²) in [5.74, 6) is 1.97. The van der Waals surface area contributed by atoms with E-state index < -0.39 is 5.79 Å². The number of pyridine rings is 2. The molecule has 9 heteroatoms. The van der Waals surface area contributed by atoms with Gasteiger partial charge in [-0.3, -0.25) is 9.97 Å². The van der Waals surface area contributed by atoms with Crippen LogP contribution in [-0.2, 0) is 0 Å². The van der Waals surface area contributed by atoms with Crippen molar-refractivity contribution in [3.63, 3.8) is 0 Å². The van der Waals surface area contributed by atoms with Gasteiger partial charge in [0.05, 0.1) is 18.5 Å². The Bertz CT molecular complexity index is 1300. The average molecular weight is 442 g/mol. The van der Waals surface area contributed by atoms with Crippen molar-refractivity contribution in [3.05, 3.63) is 67.1 Å². The summed E-state index contributed by atoms with van der Waals surface area (Å²) >= 11 is 0. The molecule has 0 amide bonds. The third-order valence-electron chi connectivity index (χ3n) is 4.83. The first-order valence-electron chi connectivity index (χ1n) is 10.3. The molecule has 0 radical (unpaired) electrons. The zero-order valence-corrected chi connectivity index (χ0v) is 18.4. The van der Waals surface area contributed by atoms with Crippen molar-refractivity contribution in [2.45, 2.75) is 19.6 Å². The second-order valence-electron chi connectivity index (χ2n) is 7.74. The molecule has 0 atom stereocenters. The summed E-state index contributed by atoms with van der Waals surface area (Å²) in [6, 6.07) is 14.9. The number of aromatic nitrogens is 4. The van der Waals surface area contributed by atoms with E-state index in [-0.39, 0.29) is 0 Å². The van der Waals surface area contributed by atoms with Gasteiger partial charge in [-0.25, -0.2) is 4.98 Å². The van der Waals surface area contributed by atoms with E-state index in [4.69, 9.17) is 14.2 Å². The summed E-state index contributed by atoms with van der Waals surface area (Å²) in [4.78, 5) is 17.8. The topological polar surface area (TPSA) is 103 Å². The number of benzene rings is 1. The quantitative estimate of drug-likeness (QED) is 0.430. The van der Waals surface area contributed by atoms with E-state index >= 15 is 0 Å². The summed E-state index contributed by atoms with van der Waals surface area (Å²) in [7, 11) is 1.59. The van der Waals surface area contributed by atoms with Crippen LogP contribution in [0.25, 0.3) is 11.4 Å². The van der Waals surface area contributed by atoms with Gasteiger partial charge in [-0.1, -0.05) is 6.07 Å². The minimum absolute atomic E-state index is 0.406. The van der Waals surface area contributed by atoms with E-state index in [0.717, 1.165) is 17.1 Å². The minimum atomic E-state index is -0.760. The van der Waals surface area contributed by atoms with Crippen LogP contribution >= 0.6 is 0 Å². The van der Waals surface area contributed by atoms with Crippen molar-refractivity contribution < 1.29 is 14.2 Å². The van der Waals surface area contributed by atoms with E-state index in [1.54, 1.807) is 31.8 Å². The van der Waals surface area contributed by atoms with Crippen molar-refractivity contribution in [3.8, 4) is 28.6 Å². The van der Waals surface area contributed by atoms with Gasteiger partial charge in [-0.2, -0.15) is 4.98 Å². The Morgan fingerprint density at radius 1 is 0.879 bits per heavy atom. The molecule has 33 heavy (non-hydrogen) atoms. The van der Waals surface area contributed by atoms with Gasteiger partial charge in [0.1, 0.15) is 11.5 Å². The van der Waals surface area contributed by atoms with E-state index in [2.05, 4.69) is 30.6 Å². The van der Waals surface area contributed by atoms with Gasteiger partial charge in [-0.05, 0) is 30.3 Å². The molecule has 0 saturated heterocycles. The van der Waals surface area contributed by atoms with Gasteiger partial charge < -0.3 is 24.8 Å². The Kier molecular flexibility index (Phi) is 5.14. The molecule has 4 heterocycles. The number of hydrogen-bond donors (Lipinski definition) is 2. The first-order chi connectivity index (χ1) is 16.0. The molecule has 1 aromatic carbocycles. The van der Waals surface area contributed by atoms with Crippen LogP contribution < -0.4 is 24.8 Å². The van der Waals surface area contributed by atoms with Crippen molar-refractivity contribution in [2.75, 3.05) is 17.7 Å². The first kappa shape index (κ1) is 20.5. The van der Waals surface area contributed by atoms with Crippen LogP contribution in [0, 0.1) is 0 Å². The first-order valence-corrected chi connectivity index (χ1v) is 10.3.